The summed E-state index contributed by atoms with van der Waals surface area (Å²) < 4.78 is 7.08. The number of nitrogen functional groups attached to an aromatic ring is 1. The lowest BCUT2D eigenvalue weighted by molar-refractivity contribution is -0.117. The molecule has 0 unspecified atom stereocenters. The van der Waals surface area contributed by atoms with Crippen LogP contribution in [0.1, 0.15) is 18.4 Å². The maximum Gasteiger partial charge on any atom is 0.227 e. The summed E-state index contributed by atoms with van der Waals surface area (Å²) in [4.78, 5) is 20.5. The number of fused-ring (bicyclic) bond motifs is 1. The number of hydrogen-bond acceptors (Lipinski definition) is 7. The average molecular weight is 375 g/mol. The van der Waals surface area contributed by atoms with Crippen molar-refractivity contribution in [3.63, 3.8) is 0 Å². The number of carbonyl (C=O) groups is 1. The third-order valence-corrected chi connectivity index (χ3v) is 4.61. The van der Waals surface area contributed by atoms with Gasteiger partial charge in [0.15, 0.2) is 16.9 Å². The van der Waals surface area contributed by atoms with Gasteiger partial charge in [0.05, 0.1) is 12.8 Å². The zero-order chi connectivity index (χ0) is 19.1. The number of aromatic nitrogens is 5. The van der Waals surface area contributed by atoms with Crippen LogP contribution in [0, 0.1) is 5.92 Å². The van der Waals surface area contributed by atoms with Gasteiger partial charge in [-0.3, -0.25) is 4.79 Å². The highest BCUT2D eigenvalue weighted by Crippen LogP contribution is 2.30. The number of amides is 1. The standard InChI is InChI=1S/C19H17N7O2/c20-19-22-15(14-5-2-8-28-14)16-17(23-19)26(25-24-16)10-11-3-1-4-13(9-11)21-18(27)12-6-7-12/h1-5,8-9,12H,6-7,10H2,(H,21,27)(H2,20,22,23). The van der Waals surface area contributed by atoms with Gasteiger partial charge in [0.1, 0.15) is 5.69 Å². The van der Waals surface area contributed by atoms with Crippen LogP contribution in [0.2, 0.25) is 0 Å². The Morgan fingerprint density at radius 1 is 1.25 bits per heavy atom. The van der Waals surface area contributed by atoms with Crippen LogP contribution in [0.4, 0.5) is 11.6 Å². The molecule has 9 nitrogen and oxygen atoms in total. The monoisotopic (exact) mass is 375 g/mol. The van der Waals surface area contributed by atoms with Crippen LogP contribution in [0.3, 0.4) is 0 Å². The van der Waals surface area contributed by atoms with E-state index < -0.39 is 0 Å². The van der Waals surface area contributed by atoms with Crippen molar-refractivity contribution >= 4 is 28.7 Å². The highest BCUT2D eigenvalue weighted by Gasteiger charge is 2.29. The minimum absolute atomic E-state index is 0.0759. The number of nitrogens with zero attached hydrogens (tertiary/aromatic N) is 5. The molecular formula is C19H17N7O2. The molecule has 0 radical (unpaired) electrons. The van der Waals surface area contributed by atoms with Crippen molar-refractivity contribution < 1.29 is 9.21 Å². The Morgan fingerprint density at radius 3 is 2.93 bits per heavy atom. The van der Waals surface area contributed by atoms with Crippen molar-refractivity contribution in [3.05, 3.63) is 48.2 Å². The second kappa shape index (κ2) is 6.45. The first-order chi connectivity index (χ1) is 13.7. The first-order valence-electron chi connectivity index (χ1n) is 8.98. The fraction of sp³-hybridized carbons (Fsp3) is 0.211. The van der Waals surface area contributed by atoms with Crippen molar-refractivity contribution in [2.45, 2.75) is 19.4 Å². The number of nitrogens with two attached hydrogens (primary N) is 1. The van der Waals surface area contributed by atoms with Gasteiger partial charge in [0.2, 0.25) is 11.9 Å². The molecule has 3 aromatic heterocycles. The number of nitrogens with one attached hydrogen (secondary N) is 1. The summed E-state index contributed by atoms with van der Waals surface area (Å²) in [5.74, 6) is 0.901. The second-order valence-corrected chi connectivity index (χ2v) is 6.79. The van der Waals surface area contributed by atoms with E-state index in [1.54, 1.807) is 23.1 Å². The molecule has 1 aliphatic carbocycles. The molecule has 0 saturated heterocycles. The third-order valence-electron chi connectivity index (χ3n) is 4.61. The van der Waals surface area contributed by atoms with Crippen LogP contribution in [0.25, 0.3) is 22.6 Å². The highest BCUT2D eigenvalue weighted by molar-refractivity contribution is 5.94. The molecule has 140 valence electrons. The summed E-state index contributed by atoms with van der Waals surface area (Å²) >= 11 is 0. The highest BCUT2D eigenvalue weighted by atomic mass is 16.3. The van der Waals surface area contributed by atoms with Crippen LogP contribution >= 0.6 is 0 Å². The van der Waals surface area contributed by atoms with Gasteiger partial charge in [0.25, 0.3) is 0 Å². The van der Waals surface area contributed by atoms with E-state index in [-0.39, 0.29) is 17.8 Å². The molecule has 1 fully saturated rings. The zero-order valence-electron chi connectivity index (χ0n) is 14.9. The van der Waals surface area contributed by atoms with Crippen LogP contribution in [0.15, 0.2) is 47.1 Å². The normalized spacial score (nSPS) is 13.7. The van der Waals surface area contributed by atoms with E-state index in [1.165, 1.54) is 0 Å². The van der Waals surface area contributed by atoms with Gasteiger partial charge < -0.3 is 15.5 Å². The van der Waals surface area contributed by atoms with E-state index in [0.29, 0.717) is 29.2 Å². The molecule has 3 heterocycles. The molecule has 3 N–H and O–H groups in total. The summed E-state index contributed by atoms with van der Waals surface area (Å²) in [6.07, 6.45) is 3.50. The lowest BCUT2D eigenvalue weighted by atomic mass is 10.2. The molecule has 1 saturated carbocycles. The third kappa shape index (κ3) is 3.07. The van der Waals surface area contributed by atoms with Crippen molar-refractivity contribution in [1.82, 2.24) is 25.0 Å². The Bertz CT molecular complexity index is 1160. The summed E-state index contributed by atoms with van der Waals surface area (Å²) in [5, 5.41) is 11.4. The van der Waals surface area contributed by atoms with Gasteiger partial charge >= 0.3 is 0 Å². The Labute approximate surface area is 159 Å². The molecule has 0 atom stereocenters. The molecule has 4 aromatic rings. The molecule has 9 heteroatoms. The molecule has 1 aromatic carbocycles. The summed E-state index contributed by atoms with van der Waals surface area (Å²) in [7, 11) is 0. The predicted molar refractivity (Wildman–Crippen MR) is 102 cm³/mol. The van der Waals surface area contributed by atoms with E-state index >= 15 is 0 Å². The minimum atomic E-state index is 0.0759. The Hall–Kier alpha value is -3.75. The summed E-state index contributed by atoms with van der Waals surface area (Å²) in [6, 6.07) is 11.2. The van der Waals surface area contributed by atoms with Crippen LogP contribution < -0.4 is 11.1 Å². The first-order valence-corrected chi connectivity index (χ1v) is 8.98. The molecule has 1 amide bonds. The number of furan rings is 1. The van der Waals surface area contributed by atoms with E-state index in [4.69, 9.17) is 10.2 Å². The Balaban J connectivity index is 1.46. The maximum atomic E-state index is 12.0. The van der Waals surface area contributed by atoms with Gasteiger partial charge in [-0.05, 0) is 42.7 Å². The zero-order valence-corrected chi connectivity index (χ0v) is 14.9. The lowest BCUT2D eigenvalue weighted by Gasteiger charge is -2.07. The van der Waals surface area contributed by atoms with Crippen LogP contribution in [-0.2, 0) is 11.3 Å². The molecule has 0 spiro atoms. The quantitative estimate of drug-likeness (QED) is 0.549. The number of anilines is 2. The molecule has 0 aliphatic heterocycles. The van der Waals surface area contributed by atoms with E-state index in [0.717, 1.165) is 24.1 Å². The maximum absolute atomic E-state index is 12.0. The number of hydrogen-bond donors (Lipinski definition) is 2. The average Bonchev–Trinajstić information content (AvgIpc) is 3.26. The van der Waals surface area contributed by atoms with Gasteiger partial charge in [-0.25, -0.2) is 9.67 Å². The largest absolute Gasteiger partial charge is 0.463 e. The van der Waals surface area contributed by atoms with E-state index in [2.05, 4.69) is 25.6 Å². The second-order valence-electron chi connectivity index (χ2n) is 6.79. The predicted octanol–water partition coefficient (Wildman–Crippen LogP) is 2.46. The molecule has 0 bridgehead atoms. The Kier molecular flexibility index (Phi) is 3.78. The molecule has 5 rings (SSSR count). The lowest BCUT2D eigenvalue weighted by Crippen LogP contribution is -2.13. The van der Waals surface area contributed by atoms with Gasteiger partial charge in [0, 0.05) is 11.6 Å². The van der Waals surface area contributed by atoms with Crippen LogP contribution in [-0.4, -0.2) is 30.9 Å². The Morgan fingerprint density at radius 2 is 2.14 bits per heavy atom. The summed E-state index contributed by atoms with van der Waals surface area (Å²) in [6.45, 7) is 0.428. The fourth-order valence-electron chi connectivity index (χ4n) is 3.07. The van der Waals surface area contributed by atoms with Crippen molar-refractivity contribution in [2.24, 2.45) is 5.92 Å². The fourth-order valence-corrected chi connectivity index (χ4v) is 3.07. The van der Waals surface area contributed by atoms with Crippen LogP contribution in [0.5, 0.6) is 0 Å². The van der Waals surface area contributed by atoms with Crippen molar-refractivity contribution in [3.8, 4) is 11.5 Å². The first kappa shape index (κ1) is 16.4. The smallest absolute Gasteiger partial charge is 0.227 e. The van der Waals surface area contributed by atoms with Gasteiger partial charge in [-0.15, -0.1) is 5.10 Å². The SMILES string of the molecule is Nc1nc(-c2ccco2)c2nnn(Cc3cccc(NC(=O)C4CC4)c3)c2n1. The number of benzene rings is 1. The molecular weight excluding hydrogens is 358 g/mol. The topological polar surface area (TPSA) is 125 Å². The van der Waals surface area contributed by atoms with E-state index in [1.807, 2.05) is 24.3 Å². The summed E-state index contributed by atoms with van der Waals surface area (Å²) in [5.41, 5.74) is 9.15. The number of carbonyl (C=O) groups excluding carboxylic acids is 1. The van der Waals surface area contributed by atoms with Crippen molar-refractivity contribution in [1.29, 1.82) is 0 Å². The van der Waals surface area contributed by atoms with Gasteiger partial charge in [-0.2, -0.15) is 4.98 Å². The van der Waals surface area contributed by atoms with Crippen molar-refractivity contribution in [2.75, 3.05) is 11.1 Å². The number of rotatable bonds is 5. The minimum Gasteiger partial charge on any atom is -0.463 e. The molecule has 28 heavy (non-hydrogen) atoms. The van der Waals surface area contributed by atoms with E-state index in [9.17, 15) is 4.79 Å². The van der Waals surface area contributed by atoms with Gasteiger partial charge in [-0.1, -0.05) is 17.3 Å². The molecule has 1 aliphatic rings.